The molecule has 0 aliphatic heterocycles. The zero-order valence-electron chi connectivity index (χ0n) is 11.1. The molecule has 0 spiro atoms. The summed E-state index contributed by atoms with van der Waals surface area (Å²) in [6.07, 6.45) is 4.97. The molecule has 0 nitrogen and oxygen atoms in total. The zero-order chi connectivity index (χ0) is 11.7. The number of hydrogen-bond acceptors (Lipinski definition) is 0. The van der Waals surface area contributed by atoms with E-state index in [9.17, 15) is 0 Å². The molecule has 15 heavy (non-hydrogen) atoms. The van der Waals surface area contributed by atoms with E-state index in [1.54, 1.807) is 11.1 Å². The summed E-state index contributed by atoms with van der Waals surface area (Å²) in [4.78, 5) is 0. The third-order valence-corrected chi connectivity index (χ3v) is 2.53. The summed E-state index contributed by atoms with van der Waals surface area (Å²) in [6.45, 7) is 10.7. The molecule has 0 atom stereocenters. The van der Waals surface area contributed by atoms with Crippen LogP contribution >= 0.6 is 0 Å². The highest BCUT2D eigenvalue weighted by Gasteiger charge is 2.02. The van der Waals surface area contributed by atoms with Gasteiger partial charge in [0.25, 0.3) is 0 Å². The van der Waals surface area contributed by atoms with Crippen molar-refractivity contribution < 1.29 is 0 Å². The maximum atomic E-state index is 2.28. The highest BCUT2D eigenvalue weighted by atomic mass is 14.1. The van der Waals surface area contributed by atoms with E-state index in [4.69, 9.17) is 0 Å². The van der Waals surface area contributed by atoms with E-state index >= 15 is 0 Å². The fourth-order valence-electron chi connectivity index (χ4n) is 1.87. The monoisotopic (exact) mass is 206 g/mol. The average Bonchev–Trinajstić information content (AvgIpc) is 2.26. The Morgan fingerprint density at radius 2 is 1.53 bits per heavy atom. The maximum Gasteiger partial charge on any atom is -0.0276 e. The van der Waals surface area contributed by atoms with Crippen molar-refractivity contribution in [2.75, 3.05) is 0 Å². The zero-order valence-corrected chi connectivity index (χ0v) is 11.1. The molecular weight excluding hydrogens is 180 g/mol. The molecule has 0 amide bonds. The van der Waals surface area contributed by atoms with Crippen LogP contribution in [0.15, 0.2) is 18.2 Å². The van der Waals surface area contributed by atoms with Gasteiger partial charge in [0.15, 0.2) is 0 Å². The fourth-order valence-corrected chi connectivity index (χ4v) is 1.87. The molecule has 0 aromatic heterocycles. The van der Waals surface area contributed by atoms with Crippen LogP contribution in [0.2, 0.25) is 0 Å². The first-order valence-electron chi connectivity index (χ1n) is 6.37. The van der Waals surface area contributed by atoms with Crippen LogP contribution < -0.4 is 0 Å². The molecule has 1 aromatic carbocycles. The lowest BCUT2D eigenvalue weighted by atomic mass is 9.95. The lowest BCUT2D eigenvalue weighted by Crippen LogP contribution is -1.96. The average molecular weight is 206 g/mol. The summed E-state index contributed by atoms with van der Waals surface area (Å²) >= 11 is 0. The van der Waals surface area contributed by atoms with Crippen molar-refractivity contribution in [2.45, 2.75) is 60.3 Å². The number of aryl methyl sites for hydroxylation is 2. The van der Waals surface area contributed by atoms with Gasteiger partial charge < -0.3 is 0 Å². The van der Waals surface area contributed by atoms with Gasteiger partial charge in [-0.3, -0.25) is 0 Å². The Balaban J connectivity index is 0.000000921. The minimum absolute atomic E-state index is 1.23. The van der Waals surface area contributed by atoms with Crippen molar-refractivity contribution in [1.82, 2.24) is 0 Å². The van der Waals surface area contributed by atoms with Crippen molar-refractivity contribution in [3.63, 3.8) is 0 Å². The minimum Gasteiger partial charge on any atom is -0.0683 e. The summed E-state index contributed by atoms with van der Waals surface area (Å²) in [5.41, 5.74) is 4.61. The largest absolute Gasteiger partial charge is 0.0683 e. The normalized spacial score (nSPS) is 9.40. The van der Waals surface area contributed by atoms with E-state index in [0.29, 0.717) is 0 Å². The molecule has 0 N–H and O–H groups in total. The van der Waals surface area contributed by atoms with Crippen molar-refractivity contribution in [2.24, 2.45) is 0 Å². The van der Waals surface area contributed by atoms with Gasteiger partial charge in [-0.15, -0.1) is 0 Å². The molecule has 86 valence electrons. The van der Waals surface area contributed by atoms with Crippen LogP contribution in [0.25, 0.3) is 0 Å². The molecule has 0 saturated carbocycles. The summed E-state index contributed by atoms with van der Waals surface area (Å²) in [7, 11) is 0. The third kappa shape index (κ3) is 4.51. The molecular formula is C15H26. The SMILES string of the molecule is CC.CCCc1cccc(C)c1CCC. The highest BCUT2D eigenvalue weighted by Crippen LogP contribution is 2.17. The molecule has 1 rings (SSSR count). The van der Waals surface area contributed by atoms with Crippen LogP contribution in [-0.4, -0.2) is 0 Å². The van der Waals surface area contributed by atoms with Crippen LogP contribution in [0, 0.1) is 6.92 Å². The first-order chi connectivity index (χ1) is 7.29. The Hall–Kier alpha value is -0.780. The summed E-state index contributed by atoms with van der Waals surface area (Å²) in [5.74, 6) is 0. The molecule has 0 unspecified atom stereocenters. The van der Waals surface area contributed by atoms with Crippen LogP contribution in [-0.2, 0) is 12.8 Å². The van der Waals surface area contributed by atoms with Gasteiger partial charge in [0, 0.05) is 0 Å². The number of benzene rings is 1. The van der Waals surface area contributed by atoms with Crippen molar-refractivity contribution >= 4 is 0 Å². The molecule has 0 aliphatic rings. The van der Waals surface area contributed by atoms with Crippen LogP contribution in [0.3, 0.4) is 0 Å². The van der Waals surface area contributed by atoms with E-state index in [1.807, 2.05) is 13.8 Å². The lowest BCUT2D eigenvalue weighted by Gasteiger charge is -2.10. The Labute approximate surface area is 95.7 Å². The molecule has 1 aromatic rings. The van der Waals surface area contributed by atoms with Crippen LogP contribution in [0.1, 0.15) is 57.2 Å². The summed E-state index contributed by atoms with van der Waals surface area (Å²) in [5, 5.41) is 0. The van der Waals surface area contributed by atoms with Crippen molar-refractivity contribution in [1.29, 1.82) is 0 Å². The standard InChI is InChI=1S/C13H20.C2H6/c1-4-7-12-10-6-9-11(3)13(12)8-5-2;1-2/h6,9-10H,4-5,7-8H2,1-3H3;1-2H3. The van der Waals surface area contributed by atoms with Gasteiger partial charge in [-0.2, -0.15) is 0 Å². The summed E-state index contributed by atoms with van der Waals surface area (Å²) in [6, 6.07) is 6.69. The Bertz CT molecular complexity index is 261. The van der Waals surface area contributed by atoms with Crippen LogP contribution in [0.4, 0.5) is 0 Å². The van der Waals surface area contributed by atoms with Crippen molar-refractivity contribution in [3.05, 3.63) is 34.9 Å². The van der Waals surface area contributed by atoms with Gasteiger partial charge in [0.2, 0.25) is 0 Å². The van der Waals surface area contributed by atoms with E-state index in [1.165, 1.54) is 31.2 Å². The van der Waals surface area contributed by atoms with E-state index in [0.717, 1.165) is 0 Å². The predicted molar refractivity (Wildman–Crippen MR) is 70.5 cm³/mol. The second-order valence-electron chi connectivity index (χ2n) is 3.71. The molecule has 0 heterocycles. The van der Waals surface area contributed by atoms with Crippen molar-refractivity contribution in [3.8, 4) is 0 Å². The topological polar surface area (TPSA) is 0 Å². The van der Waals surface area contributed by atoms with E-state index < -0.39 is 0 Å². The van der Waals surface area contributed by atoms with E-state index in [-0.39, 0.29) is 0 Å². The quantitative estimate of drug-likeness (QED) is 0.655. The smallest absolute Gasteiger partial charge is 0.0276 e. The molecule has 0 radical (unpaired) electrons. The number of rotatable bonds is 4. The van der Waals surface area contributed by atoms with E-state index in [2.05, 4.69) is 39.0 Å². The Morgan fingerprint density at radius 1 is 0.933 bits per heavy atom. The lowest BCUT2D eigenvalue weighted by molar-refractivity contribution is 0.854. The van der Waals surface area contributed by atoms with Gasteiger partial charge in [-0.25, -0.2) is 0 Å². The Morgan fingerprint density at radius 3 is 2.07 bits per heavy atom. The Kier molecular flexibility index (Phi) is 8.08. The minimum atomic E-state index is 1.23. The molecule has 0 heteroatoms. The second-order valence-corrected chi connectivity index (χ2v) is 3.71. The molecule has 0 fully saturated rings. The first kappa shape index (κ1) is 14.2. The van der Waals surface area contributed by atoms with Gasteiger partial charge in [0.1, 0.15) is 0 Å². The third-order valence-electron chi connectivity index (χ3n) is 2.53. The van der Waals surface area contributed by atoms with Gasteiger partial charge >= 0.3 is 0 Å². The fraction of sp³-hybridized carbons (Fsp3) is 0.600. The molecule has 0 bridgehead atoms. The number of hydrogen-bond donors (Lipinski definition) is 0. The summed E-state index contributed by atoms with van der Waals surface area (Å²) < 4.78 is 0. The molecule has 0 saturated heterocycles. The van der Waals surface area contributed by atoms with Crippen LogP contribution in [0.5, 0.6) is 0 Å². The van der Waals surface area contributed by atoms with Gasteiger partial charge in [-0.05, 0) is 36.5 Å². The van der Waals surface area contributed by atoms with Gasteiger partial charge in [0.05, 0.1) is 0 Å². The highest BCUT2D eigenvalue weighted by molar-refractivity contribution is 5.34. The second kappa shape index (κ2) is 8.52. The predicted octanol–water partition coefficient (Wildman–Crippen LogP) is 4.93. The van der Waals surface area contributed by atoms with Gasteiger partial charge in [-0.1, -0.05) is 58.7 Å². The first-order valence-corrected chi connectivity index (χ1v) is 6.37. The maximum absolute atomic E-state index is 2.28. The molecule has 0 aliphatic carbocycles.